The molecule has 1 aromatic carbocycles. The van der Waals surface area contributed by atoms with Gasteiger partial charge in [-0.1, -0.05) is 38.1 Å². The molecule has 1 rings (SSSR count). The van der Waals surface area contributed by atoms with E-state index in [-0.39, 0.29) is 5.56 Å². The first kappa shape index (κ1) is 13.0. The Kier molecular flexibility index (Phi) is 3.97. The Morgan fingerprint density at radius 3 is 1.75 bits per heavy atom. The van der Waals surface area contributed by atoms with Crippen molar-refractivity contribution in [2.75, 3.05) is 7.05 Å². The van der Waals surface area contributed by atoms with Crippen LogP contribution in [0, 0.1) is 0 Å². The van der Waals surface area contributed by atoms with Crippen molar-refractivity contribution < 1.29 is 13.2 Å². The number of hydrogen-bond donors (Lipinski definition) is 1. The second kappa shape index (κ2) is 4.87. The van der Waals surface area contributed by atoms with E-state index in [1.165, 1.54) is 19.2 Å². The van der Waals surface area contributed by atoms with Crippen LogP contribution in [0.2, 0.25) is 0 Å². The van der Waals surface area contributed by atoms with Crippen LogP contribution in [0.3, 0.4) is 0 Å². The second-order valence-corrected chi connectivity index (χ2v) is 4.08. The van der Waals surface area contributed by atoms with Gasteiger partial charge in [0.2, 0.25) is 0 Å². The maximum atomic E-state index is 12.6. The molecule has 90 valence electrons. The molecule has 16 heavy (non-hydrogen) atoms. The van der Waals surface area contributed by atoms with Crippen LogP contribution in [0.4, 0.5) is 13.2 Å². The summed E-state index contributed by atoms with van der Waals surface area (Å²) in [6.07, 6.45) is -4.26. The van der Waals surface area contributed by atoms with Gasteiger partial charge < -0.3 is 5.32 Å². The van der Waals surface area contributed by atoms with Crippen LogP contribution < -0.4 is 5.32 Å². The molecule has 0 heterocycles. The molecule has 0 aliphatic heterocycles. The molecule has 0 saturated carbocycles. The lowest BCUT2D eigenvalue weighted by Crippen LogP contribution is -2.31. The first-order valence-electron chi connectivity index (χ1n) is 5.20. The van der Waals surface area contributed by atoms with Crippen LogP contribution >= 0.6 is 0 Å². The molecule has 4 heteroatoms. The molecule has 1 atom stereocenters. The van der Waals surface area contributed by atoms with Gasteiger partial charge in [-0.3, -0.25) is 0 Å². The van der Waals surface area contributed by atoms with Gasteiger partial charge in [-0.2, -0.15) is 13.2 Å². The Hall–Kier alpha value is -1.03. The van der Waals surface area contributed by atoms with E-state index in [0.29, 0.717) is 5.92 Å². The molecule has 0 aromatic heterocycles. The largest absolute Gasteiger partial charge is 0.407 e. The predicted octanol–water partition coefficient (Wildman–Crippen LogP) is 3.63. The third kappa shape index (κ3) is 2.98. The maximum absolute atomic E-state index is 12.6. The zero-order chi connectivity index (χ0) is 12.3. The van der Waals surface area contributed by atoms with E-state index in [9.17, 15) is 13.2 Å². The average Bonchev–Trinajstić information content (AvgIpc) is 2.17. The van der Waals surface area contributed by atoms with Gasteiger partial charge in [-0.15, -0.1) is 0 Å². The average molecular weight is 231 g/mol. The highest BCUT2D eigenvalue weighted by atomic mass is 19.4. The molecule has 0 bridgehead atoms. The van der Waals surface area contributed by atoms with Gasteiger partial charge in [-0.25, -0.2) is 0 Å². The molecule has 1 aromatic rings. The summed E-state index contributed by atoms with van der Waals surface area (Å²) >= 11 is 0. The minimum atomic E-state index is -4.26. The Morgan fingerprint density at radius 2 is 1.44 bits per heavy atom. The summed E-state index contributed by atoms with van der Waals surface area (Å²) in [5.41, 5.74) is 1.29. The number of hydrogen-bond acceptors (Lipinski definition) is 1. The van der Waals surface area contributed by atoms with E-state index >= 15 is 0 Å². The summed E-state index contributed by atoms with van der Waals surface area (Å²) in [7, 11) is 1.31. The molecule has 0 fully saturated rings. The first-order valence-corrected chi connectivity index (χ1v) is 5.20. The predicted molar refractivity (Wildman–Crippen MR) is 58.4 cm³/mol. The van der Waals surface area contributed by atoms with E-state index in [1.54, 1.807) is 12.1 Å². The highest BCUT2D eigenvalue weighted by Gasteiger charge is 2.39. The van der Waals surface area contributed by atoms with Gasteiger partial charge in [0.15, 0.2) is 0 Å². The van der Waals surface area contributed by atoms with Gasteiger partial charge >= 0.3 is 6.18 Å². The molecule has 0 radical (unpaired) electrons. The summed E-state index contributed by atoms with van der Waals surface area (Å²) < 4.78 is 37.8. The molecular formula is C12H16F3N. The lowest BCUT2D eigenvalue weighted by atomic mass is 9.99. The van der Waals surface area contributed by atoms with Gasteiger partial charge in [0.1, 0.15) is 6.04 Å². The Morgan fingerprint density at radius 1 is 1.00 bits per heavy atom. The monoisotopic (exact) mass is 231 g/mol. The molecule has 0 aliphatic carbocycles. The van der Waals surface area contributed by atoms with E-state index in [2.05, 4.69) is 5.32 Å². The number of halogens is 3. The molecule has 0 aliphatic rings. The van der Waals surface area contributed by atoms with Crippen molar-refractivity contribution in [3.63, 3.8) is 0 Å². The fraction of sp³-hybridized carbons (Fsp3) is 0.500. The molecule has 1 N–H and O–H groups in total. The quantitative estimate of drug-likeness (QED) is 0.837. The minimum absolute atomic E-state index is 0.249. The van der Waals surface area contributed by atoms with Crippen molar-refractivity contribution in [1.29, 1.82) is 0 Å². The summed E-state index contributed by atoms with van der Waals surface area (Å²) in [4.78, 5) is 0. The van der Waals surface area contributed by atoms with Crippen molar-refractivity contribution in [1.82, 2.24) is 5.32 Å². The topological polar surface area (TPSA) is 12.0 Å². The number of alkyl halides is 3. The van der Waals surface area contributed by atoms with Crippen LogP contribution in [0.25, 0.3) is 0 Å². The van der Waals surface area contributed by atoms with Gasteiger partial charge in [0, 0.05) is 0 Å². The summed E-state index contributed by atoms with van der Waals surface area (Å²) in [6.45, 7) is 4.02. The highest BCUT2D eigenvalue weighted by Crippen LogP contribution is 2.32. The standard InChI is InChI=1S/C12H16F3N/c1-8(2)9-4-6-10(7-5-9)11(16-3)12(13,14)15/h4-8,11,16H,1-3H3. The zero-order valence-electron chi connectivity index (χ0n) is 9.60. The van der Waals surface area contributed by atoms with Crippen molar-refractivity contribution in [2.45, 2.75) is 32.0 Å². The third-order valence-corrected chi connectivity index (χ3v) is 2.55. The summed E-state index contributed by atoms with van der Waals surface area (Å²) in [5, 5.41) is 2.28. The molecule has 0 saturated heterocycles. The first-order chi connectivity index (χ1) is 7.36. The molecule has 0 amide bonds. The fourth-order valence-corrected chi connectivity index (χ4v) is 1.59. The molecule has 0 spiro atoms. The summed E-state index contributed by atoms with van der Waals surface area (Å²) in [6, 6.07) is 4.97. The SMILES string of the molecule is CNC(c1ccc(C(C)C)cc1)C(F)(F)F. The number of nitrogens with one attached hydrogen (secondary N) is 1. The molecule has 1 nitrogen and oxygen atoms in total. The number of rotatable bonds is 3. The third-order valence-electron chi connectivity index (χ3n) is 2.55. The van der Waals surface area contributed by atoms with Crippen LogP contribution in [-0.2, 0) is 0 Å². The Labute approximate surface area is 93.7 Å². The Balaban J connectivity index is 2.96. The lowest BCUT2D eigenvalue weighted by molar-refractivity contribution is -0.156. The van der Waals surface area contributed by atoms with Crippen molar-refractivity contribution in [3.05, 3.63) is 35.4 Å². The molecular weight excluding hydrogens is 215 g/mol. The van der Waals surface area contributed by atoms with E-state index in [0.717, 1.165) is 5.56 Å². The van der Waals surface area contributed by atoms with Crippen LogP contribution in [-0.4, -0.2) is 13.2 Å². The van der Waals surface area contributed by atoms with Gasteiger partial charge in [0.25, 0.3) is 0 Å². The smallest absolute Gasteiger partial charge is 0.306 e. The van der Waals surface area contributed by atoms with Crippen molar-refractivity contribution in [3.8, 4) is 0 Å². The van der Waals surface area contributed by atoms with Crippen LogP contribution in [0.15, 0.2) is 24.3 Å². The van der Waals surface area contributed by atoms with Crippen molar-refractivity contribution in [2.24, 2.45) is 0 Å². The van der Waals surface area contributed by atoms with Gasteiger partial charge in [-0.05, 0) is 24.1 Å². The van der Waals surface area contributed by atoms with Crippen LogP contribution in [0.5, 0.6) is 0 Å². The Bertz CT molecular complexity index is 327. The maximum Gasteiger partial charge on any atom is 0.407 e. The van der Waals surface area contributed by atoms with E-state index < -0.39 is 12.2 Å². The van der Waals surface area contributed by atoms with E-state index in [1.807, 2.05) is 13.8 Å². The zero-order valence-corrected chi connectivity index (χ0v) is 9.60. The van der Waals surface area contributed by atoms with Crippen molar-refractivity contribution >= 4 is 0 Å². The van der Waals surface area contributed by atoms with Crippen LogP contribution in [0.1, 0.15) is 36.9 Å². The second-order valence-electron chi connectivity index (χ2n) is 4.08. The van der Waals surface area contributed by atoms with E-state index in [4.69, 9.17) is 0 Å². The highest BCUT2D eigenvalue weighted by molar-refractivity contribution is 5.27. The number of benzene rings is 1. The fourth-order valence-electron chi connectivity index (χ4n) is 1.59. The van der Waals surface area contributed by atoms with Gasteiger partial charge in [0.05, 0.1) is 0 Å². The minimum Gasteiger partial charge on any atom is -0.306 e. The summed E-state index contributed by atoms with van der Waals surface area (Å²) in [5.74, 6) is 0.327. The lowest BCUT2D eigenvalue weighted by Gasteiger charge is -2.20. The molecule has 1 unspecified atom stereocenters. The normalized spacial score (nSPS) is 14.2.